The van der Waals surface area contributed by atoms with Gasteiger partial charge in [0.1, 0.15) is 0 Å². The summed E-state index contributed by atoms with van der Waals surface area (Å²) < 4.78 is 27.0. The molecule has 0 saturated heterocycles. The van der Waals surface area contributed by atoms with Crippen molar-refractivity contribution in [3.05, 3.63) is 41.7 Å². The fraction of sp³-hybridized carbons (Fsp3) is 0.286. The molecule has 0 spiro atoms. The number of hydrogen-bond acceptors (Lipinski definition) is 4. The summed E-state index contributed by atoms with van der Waals surface area (Å²) in [5, 5.41) is 8.96. The zero-order valence-corrected chi connectivity index (χ0v) is 13.4. The van der Waals surface area contributed by atoms with Crippen LogP contribution in [0.3, 0.4) is 0 Å². The predicted octanol–water partition coefficient (Wildman–Crippen LogP) is 1.66. The number of amides is 1. The van der Waals surface area contributed by atoms with Gasteiger partial charge in [-0.3, -0.25) is 14.6 Å². The molecule has 2 aromatic rings. The first kappa shape index (κ1) is 16.0. The van der Waals surface area contributed by atoms with Gasteiger partial charge in [0, 0.05) is 12.2 Å². The van der Waals surface area contributed by atoms with E-state index < -0.39 is 15.9 Å². The number of sulfonamides is 1. The molecule has 2 rings (SSSR count). The standard InChI is InChI=1S/C14H18N4O3S/c1-9(2)16-14(19)13-12(8-15-17-13)18-22(20,21)11-6-4-10(3)5-7-11/h4-9,18H,1-3H3,(H,15,17)(H,16,19). The molecule has 0 aliphatic carbocycles. The fourth-order valence-electron chi connectivity index (χ4n) is 1.79. The minimum Gasteiger partial charge on any atom is -0.348 e. The first-order valence-electron chi connectivity index (χ1n) is 6.74. The summed E-state index contributed by atoms with van der Waals surface area (Å²) in [5.41, 5.74) is 1.07. The second-order valence-corrected chi connectivity index (χ2v) is 6.88. The number of nitrogens with one attached hydrogen (secondary N) is 3. The van der Waals surface area contributed by atoms with Gasteiger partial charge >= 0.3 is 0 Å². The molecule has 3 N–H and O–H groups in total. The summed E-state index contributed by atoms with van der Waals surface area (Å²) in [7, 11) is -3.77. The van der Waals surface area contributed by atoms with Gasteiger partial charge in [-0.1, -0.05) is 17.7 Å². The van der Waals surface area contributed by atoms with E-state index in [1.165, 1.54) is 18.3 Å². The van der Waals surface area contributed by atoms with E-state index in [2.05, 4.69) is 20.2 Å². The molecule has 7 nitrogen and oxygen atoms in total. The summed E-state index contributed by atoms with van der Waals surface area (Å²) in [6.07, 6.45) is 1.33. The van der Waals surface area contributed by atoms with Crippen molar-refractivity contribution >= 4 is 21.6 Å². The van der Waals surface area contributed by atoms with Crippen molar-refractivity contribution in [1.82, 2.24) is 15.5 Å². The third kappa shape index (κ3) is 3.64. The highest BCUT2D eigenvalue weighted by molar-refractivity contribution is 7.92. The molecule has 0 aliphatic rings. The SMILES string of the molecule is Cc1ccc(S(=O)(=O)Nc2c[nH]nc2C(=O)NC(C)C)cc1. The van der Waals surface area contributed by atoms with Crippen LogP contribution in [0.2, 0.25) is 0 Å². The zero-order valence-electron chi connectivity index (χ0n) is 12.5. The third-order valence-corrected chi connectivity index (χ3v) is 4.23. The van der Waals surface area contributed by atoms with Crippen molar-refractivity contribution in [2.45, 2.75) is 31.7 Å². The molecule has 22 heavy (non-hydrogen) atoms. The van der Waals surface area contributed by atoms with Gasteiger partial charge in [-0.2, -0.15) is 5.10 Å². The molecule has 0 radical (unpaired) electrons. The fourth-order valence-corrected chi connectivity index (χ4v) is 2.85. The van der Waals surface area contributed by atoms with Gasteiger partial charge in [0.05, 0.1) is 10.6 Å². The molecule has 1 amide bonds. The van der Waals surface area contributed by atoms with Gasteiger partial charge in [0.25, 0.3) is 15.9 Å². The number of H-pyrrole nitrogens is 1. The highest BCUT2D eigenvalue weighted by Gasteiger charge is 2.21. The normalized spacial score (nSPS) is 11.5. The number of carbonyl (C=O) groups is 1. The van der Waals surface area contributed by atoms with Crippen LogP contribution < -0.4 is 10.0 Å². The average molecular weight is 322 g/mol. The van der Waals surface area contributed by atoms with E-state index in [1.54, 1.807) is 26.0 Å². The van der Waals surface area contributed by atoms with Crippen LogP contribution in [0.15, 0.2) is 35.4 Å². The number of carbonyl (C=O) groups excluding carboxylic acids is 1. The Kier molecular flexibility index (Phi) is 4.51. The average Bonchev–Trinajstić information content (AvgIpc) is 2.86. The maximum atomic E-state index is 12.3. The molecule has 0 saturated carbocycles. The van der Waals surface area contributed by atoms with Crippen molar-refractivity contribution < 1.29 is 13.2 Å². The molecule has 1 aromatic carbocycles. The predicted molar refractivity (Wildman–Crippen MR) is 83.2 cm³/mol. The number of nitrogens with zero attached hydrogens (tertiary/aromatic N) is 1. The van der Waals surface area contributed by atoms with Crippen molar-refractivity contribution in [1.29, 1.82) is 0 Å². The molecule has 1 heterocycles. The number of aryl methyl sites for hydroxylation is 1. The molecule has 0 bridgehead atoms. The number of aromatic nitrogens is 2. The maximum absolute atomic E-state index is 12.3. The van der Waals surface area contributed by atoms with Gasteiger partial charge < -0.3 is 5.32 Å². The largest absolute Gasteiger partial charge is 0.348 e. The van der Waals surface area contributed by atoms with Gasteiger partial charge in [-0.15, -0.1) is 0 Å². The number of anilines is 1. The van der Waals surface area contributed by atoms with Crippen molar-refractivity contribution in [2.24, 2.45) is 0 Å². The lowest BCUT2D eigenvalue weighted by Crippen LogP contribution is -2.31. The topological polar surface area (TPSA) is 104 Å². The molecule has 0 unspecified atom stereocenters. The lowest BCUT2D eigenvalue weighted by Gasteiger charge is -2.10. The number of benzene rings is 1. The van der Waals surface area contributed by atoms with Crippen LogP contribution in [-0.4, -0.2) is 30.6 Å². The first-order chi connectivity index (χ1) is 10.3. The van der Waals surface area contributed by atoms with Crippen LogP contribution in [0.1, 0.15) is 29.9 Å². The van der Waals surface area contributed by atoms with E-state index in [4.69, 9.17) is 0 Å². The Balaban J connectivity index is 2.26. The van der Waals surface area contributed by atoms with Crippen LogP contribution >= 0.6 is 0 Å². The van der Waals surface area contributed by atoms with Crippen LogP contribution in [0.4, 0.5) is 5.69 Å². The third-order valence-electron chi connectivity index (χ3n) is 2.85. The molecule has 0 aliphatic heterocycles. The van der Waals surface area contributed by atoms with Crippen molar-refractivity contribution in [3.8, 4) is 0 Å². The Morgan fingerprint density at radius 2 is 1.86 bits per heavy atom. The van der Waals surface area contributed by atoms with E-state index in [0.29, 0.717) is 0 Å². The van der Waals surface area contributed by atoms with Crippen LogP contribution in [0.25, 0.3) is 0 Å². The molecule has 8 heteroatoms. The van der Waals surface area contributed by atoms with E-state index in [0.717, 1.165) is 5.56 Å². The smallest absolute Gasteiger partial charge is 0.274 e. The summed E-state index contributed by atoms with van der Waals surface area (Å²) >= 11 is 0. The minimum atomic E-state index is -3.77. The molecular weight excluding hydrogens is 304 g/mol. The van der Waals surface area contributed by atoms with E-state index >= 15 is 0 Å². The van der Waals surface area contributed by atoms with E-state index in [9.17, 15) is 13.2 Å². The minimum absolute atomic E-state index is 0.00406. The molecule has 1 aromatic heterocycles. The Morgan fingerprint density at radius 3 is 2.45 bits per heavy atom. The molecule has 0 fully saturated rings. The van der Waals surface area contributed by atoms with Gasteiger partial charge in [-0.25, -0.2) is 8.42 Å². The van der Waals surface area contributed by atoms with Gasteiger partial charge in [0.2, 0.25) is 0 Å². The Bertz CT molecular complexity index is 764. The van der Waals surface area contributed by atoms with Crippen molar-refractivity contribution in [2.75, 3.05) is 4.72 Å². The summed E-state index contributed by atoms with van der Waals surface area (Å²) in [5.74, 6) is -0.446. The first-order valence-corrected chi connectivity index (χ1v) is 8.22. The number of rotatable bonds is 5. The second-order valence-electron chi connectivity index (χ2n) is 5.19. The van der Waals surface area contributed by atoms with E-state index in [-0.39, 0.29) is 22.3 Å². The Hall–Kier alpha value is -2.35. The highest BCUT2D eigenvalue weighted by atomic mass is 32.2. The molecule has 0 atom stereocenters. The maximum Gasteiger partial charge on any atom is 0.274 e. The summed E-state index contributed by atoms with van der Waals surface area (Å²) in [6, 6.07) is 6.34. The van der Waals surface area contributed by atoms with Gasteiger partial charge in [-0.05, 0) is 32.9 Å². The summed E-state index contributed by atoms with van der Waals surface area (Å²) in [4.78, 5) is 12.1. The monoisotopic (exact) mass is 322 g/mol. The van der Waals surface area contributed by atoms with Crippen LogP contribution in [-0.2, 0) is 10.0 Å². The zero-order chi connectivity index (χ0) is 16.3. The molecule has 118 valence electrons. The Morgan fingerprint density at radius 1 is 1.23 bits per heavy atom. The van der Waals surface area contributed by atoms with Gasteiger partial charge in [0.15, 0.2) is 5.69 Å². The lowest BCUT2D eigenvalue weighted by atomic mass is 10.2. The molecular formula is C14H18N4O3S. The van der Waals surface area contributed by atoms with Crippen molar-refractivity contribution in [3.63, 3.8) is 0 Å². The highest BCUT2D eigenvalue weighted by Crippen LogP contribution is 2.18. The lowest BCUT2D eigenvalue weighted by molar-refractivity contribution is 0.0939. The second kappa shape index (κ2) is 6.18. The summed E-state index contributed by atoms with van der Waals surface area (Å²) in [6.45, 7) is 5.48. The number of aromatic amines is 1. The van der Waals surface area contributed by atoms with Crippen LogP contribution in [0.5, 0.6) is 0 Å². The van der Waals surface area contributed by atoms with Crippen LogP contribution in [0, 0.1) is 6.92 Å². The van der Waals surface area contributed by atoms with E-state index in [1.807, 2.05) is 6.92 Å². The Labute approximate surface area is 129 Å². The number of hydrogen-bond donors (Lipinski definition) is 3. The quantitative estimate of drug-likeness (QED) is 0.778.